The van der Waals surface area contributed by atoms with Gasteiger partial charge in [-0.15, -0.1) is 0 Å². The topological polar surface area (TPSA) is 89.9 Å². The van der Waals surface area contributed by atoms with Gasteiger partial charge in [0.05, 0.1) is 11.0 Å². The van der Waals surface area contributed by atoms with Crippen LogP contribution in [0.4, 0.5) is 11.8 Å². The van der Waals surface area contributed by atoms with Crippen LogP contribution in [0.25, 0.3) is 0 Å². The highest BCUT2D eigenvalue weighted by Crippen LogP contribution is 2.19. The van der Waals surface area contributed by atoms with E-state index in [0.717, 1.165) is 10.2 Å². The average molecular weight is 270 g/mol. The fourth-order valence-corrected chi connectivity index (χ4v) is 1.34. The first-order valence-electron chi connectivity index (χ1n) is 4.17. The molecule has 2 aromatic rings. The van der Waals surface area contributed by atoms with Gasteiger partial charge in [0.25, 0.3) is 0 Å². The molecule has 0 saturated heterocycles. The van der Waals surface area contributed by atoms with Crippen molar-refractivity contribution in [3.05, 3.63) is 28.7 Å². The van der Waals surface area contributed by atoms with Crippen molar-refractivity contribution in [2.24, 2.45) is 0 Å². The van der Waals surface area contributed by atoms with Crippen molar-refractivity contribution in [2.45, 2.75) is 6.54 Å². The third kappa shape index (κ3) is 2.44. The maximum absolute atomic E-state index is 5.46. The SMILES string of the molecule is Nc1ncc(Br)c(NCc2ccon2)n1. The average Bonchev–Trinajstić information content (AvgIpc) is 2.72. The van der Waals surface area contributed by atoms with Crippen molar-refractivity contribution >= 4 is 27.7 Å². The van der Waals surface area contributed by atoms with Crippen molar-refractivity contribution in [1.29, 1.82) is 0 Å². The summed E-state index contributed by atoms with van der Waals surface area (Å²) in [7, 11) is 0. The summed E-state index contributed by atoms with van der Waals surface area (Å²) in [4.78, 5) is 7.85. The molecule has 0 aliphatic heterocycles. The van der Waals surface area contributed by atoms with Crippen molar-refractivity contribution < 1.29 is 4.52 Å². The number of anilines is 2. The number of rotatable bonds is 3. The van der Waals surface area contributed by atoms with Crippen molar-refractivity contribution in [3.63, 3.8) is 0 Å². The monoisotopic (exact) mass is 269 g/mol. The molecule has 15 heavy (non-hydrogen) atoms. The fourth-order valence-electron chi connectivity index (χ4n) is 1.01. The van der Waals surface area contributed by atoms with Gasteiger partial charge in [-0.3, -0.25) is 0 Å². The number of halogens is 1. The van der Waals surface area contributed by atoms with Gasteiger partial charge >= 0.3 is 0 Å². The third-order valence-corrected chi connectivity index (χ3v) is 2.27. The first-order chi connectivity index (χ1) is 7.25. The first kappa shape index (κ1) is 9.91. The summed E-state index contributed by atoms with van der Waals surface area (Å²) in [5, 5.41) is 6.81. The Morgan fingerprint density at radius 3 is 3.13 bits per heavy atom. The Morgan fingerprint density at radius 1 is 1.53 bits per heavy atom. The molecule has 0 bridgehead atoms. The van der Waals surface area contributed by atoms with Crippen LogP contribution in [0.15, 0.2) is 27.5 Å². The van der Waals surface area contributed by atoms with Crippen LogP contribution in [0.1, 0.15) is 5.69 Å². The molecule has 0 spiro atoms. The molecule has 0 amide bonds. The van der Waals surface area contributed by atoms with E-state index in [4.69, 9.17) is 10.3 Å². The lowest BCUT2D eigenvalue weighted by Gasteiger charge is -2.05. The van der Waals surface area contributed by atoms with Gasteiger partial charge in [0.1, 0.15) is 17.8 Å². The van der Waals surface area contributed by atoms with Crippen LogP contribution in [0.5, 0.6) is 0 Å². The van der Waals surface area contributed by atoms with E-state index >= 15 is 0 Å². The highest BCUT2D eigenvalue weighted by atomic mass is 79.9. The lowest BCUT2D eigenvalue weighted by atomic mass is 10.4. The van der Waals surface area contributed by atoms with Crippen LogP contribution in [0.2, 0.25) is 0 Å². The predicted octanol–water partition coefficient (Wildman–Crippen LogP) is 1.42. The van der Waals surface area contributed by atoms with Crippen molar-refractivity contribution in [2.75, 3.05) is 11.1 Å². The van der Waals surface area contributed by atoms with Crippen LogP contribution in [-0.4, -0.2) is 15.1 Å². The minimum Gasteiger partial charge on any atom is -0.368 e. The smallest absolute Gasteiger partial charge is 0.221 e. The van der Waals surface area contributed by atoms with Gasteiger partial charge in [-0.05, 0) is 15.9 Å². The van der Waals surface area contributed by atoms with Crippen LogP contribution in [-0.2, 0) is 6.54 Å². The number of nitrogens with two attached hydrogens (primary N) is 1. The summed E-state index contributed by atoms with van der Waals surface area (Å²) in [6.07, 6.45) is 3.11. The third-order valence-electron chi connectivity index (χ3n) is 1.69. The molecule has 0 radical (unpaired) electrons. The minimum absolute atomic E-state index is 0.223. The summed E-state index contributed by atoms with van der Waals surface area (Å²) >= 11 is 3.31. The zero-order chi connectivity index (χ0) is 10.7. The quantitative estimate of drug-likeness (QED) is 0.876. The Kier molecular flexibility index (Phi) is 2.82. The molecule has 0 saturated carbocycles. The van der Waals surface area contributed by atoms with E-state index in [1.54, 1.807) is 12.3 Å². The Morgan fingerprint density at radius 2 is 2.40 bits per heavy atom. The van der Waals surface area contributed by atoms with E-state index < -0.39 is 0 Å². The first-order valence-corrected chi connectivity index (χ1v) is 4.96. The van der Waals surface area contributed by atoms with Crippen LogP contribution in [0.3, 0.4) is 0 Å². The van der Waals surface area contributed by atoms with Gasteiger partial charge in [0.2, 0.25) is 5.95 Å². The molecule has 6 nitrogen and oxygen atoms in total. The molecule has 2 heterocycles. The Hall–Kier alpha value is -1.63. The zero-order valence-corrected chi connectivity index (χ0v) is 9.23. The second kappa shape index (κ2) is 4.26. The minimum atomic E-state index is 0.223. The lowest BCUT2D eigenvalue weighted by Crippen LogP contribution is -2.05. The van der Waals surface area contributed by atoms with Crippen LogP contribution in [0, 0.1) is 0 Å². The highest BCUT2D eigenvalue weighted by molar-refractivity contribution is 9.10. The number of aromatic nitrogens is 3. The Labute approximate surface area is 94.0 Å². The molecule has 0 aliphatic carbocycles. The molecule has 0 atom stereocenters. The molecule has 2 aromatic heterocycles. The summed E-state index contributed by atoms with van der Waals surface area (Å²) in [5.41, 5.74) is 6.25. The van der Waals surface area contributed by atoms with Gasteiger partial charge in [-0.1, -0.05) is 5.16 Å². The summed E-state index contributed by atoms with van der Waals surface area (Å²) in [6, 6.07) is 1.77. The maximum atomic E-state index is 5.46. The summed E-state index contributed by atoms with van der Waals surface area (Å²) in [5.74, 6) is 0.853. The molecular formula is C8H8BrN5O. The van der Waals surface area contributed by atoms with Gasteiger partial charge in [0.15, 0.2) is 0 Å². The molecule has 0 unspecified atom stereocenters. The molecule has 0 aromatic carbocycles. The van der Waals surface area contributed by atoms with Crippen molar-refractivity contribution in [3.8, 4) is 0 Å². The molecule has 0 aliphatic rings. The van der Waals surface area contributed by atoms with Gasteiger partial charge in [-0.25, -0.2) is 4.98 Å². The largest absolute Gasteiger partial charge is 0.368 e. The normalized spacial score (nSPS) is 10.2. The van der Waals surface area contributed by atoms with E-state index in [2.05, 4.69) is 36.4 Å². The maximum Gasteiger partial charge on any atom is 0.221 e. The zero-order valence-electron chi connectivity index (χ0n) is 7.64. The highest BCUT2D eigenvalue weighted by Gasteiger charge is 2.03. The van der Waals surface area contributed by atoms with Gasteiger partial charge < -0.3 is 15.6 Å². The van der Waals surface area contributed by atoms with E-state index in [1.807, 2.05) is 0 Å². The number of hydrogen-bond acceptors (Lipinski definition) is 6. The van der Waals surface area contributed by atoms with E-state index in [0.29, 0.717) is 12.4 Å². The van der Waals surface area contributed by atoms with Gasteiger partial charge in [0, 0.05) is 12.3 Å². The number of nitrogens with zero attached hydrogens (tertiary/aromatic N) is 3. The molecule has 0 fully saturated rings. The standard InChI is InChI=1S/C8H8BrN5O/c9-6-4-12-8(10)13-7(6)11-3-5-1-2-15-14-5/h1-2,4H,3H2,(H3,10,11,12,13). The fraction of sp³-hybridized carbons (Fsp3) is 0.125. The number of nitrogens with one attached hydrogen (secondary N) is 1. The second-order valence-corrected chi connectivity index (χ2v) is 3.62. The number of hydrogen-bond donors (Lipinski definition) is 2. The summed E-state index contributed by atoms with van der Waals surface area (Å²) < 4.78 is 5.45. The molecular weight excluding hydrogens is 262 g/mol. The second-order valence-electron chi connectivity index (χ2n) is 2.77. The van der Waals surface area contributed by atoms with E-state index in [1.165, 1.54) is 6.26 Å². The van der Waals surface area contributed by atoms with Crippen LogP contribution >= 0.6 is 15.9 Å². The Bertz CT molecular complexity index is 444. The molecule has 3 N–H and O–H groups in total. The number of nitrogen functional groups attached to an aromatic ring is 1. The van der Waals surface area contributed by atoms with Crippen molar-refractivity contribution in [1.82, 2.24) is 15.1 Å². The Balaban J connectivity index is 2.07. The van der Waals surface area contributed by atoms with E-state index in [-0.39, 0.29) is 5.95 Å². The molecule has 7 heteroatoms. The van der Waals surface area contributed by atoms with Gasteiger partial charge in [-0.2, -0.15) is 4.98 Å². The predicted molar refractivity (Wildman–Crippen MR) is 58.0 cm³/mol. The molecule has 78 valence electrons. The van der Waals surface area contributed by atoms with E-state index in [9.17, 15) is 0 Å². The molecule has 2 rings (SSSR count). The van der Waals surface area contributed by atoms with Crippen LogP contribution < -0.4 is 11.1 Å². The lowest BCUT2D eigenvalue weighted by molar-refractivity contribution is 0.412. The summed E-state index contributed by atoms with van der Waals surface area (Å²) in [6.45, 7) is 0.519.